The maximum Gasteiger partial charge on any atom is 0.418 e. The predicted molar refractivity (Wildman–Crippen MR) is 82.9 cm³/mol. The smallest absolute Gasteiger partial charge is 0.385 e. The van der Waals surface area contributed by atoms with Crippen LogP contribution in [0.25, 0.3) is 0 Å². The molecule has 1 aromatic carbocycles. The zero-order valence-electron chi connectivity index (χ0n) is 12.4. The van der Waals surface area contributed by atoms with E-state index in [0.29, 0.717) is 6.54 Å². The third-order valence-electron chi connectivity index (χ3n) is 3.38. The van der Waals surface area contributed by atoms with Gasteiger partial charge in [0.05, 0.1) is 5.56 Å². The summed E-state index contributed by atoms with van der Waals surface area (Å²) in [6.45, 7) is 2.73. The summed E-state index contributed by atoms with van der Waals surface area (Å²) in [5.41, 5.74) is -0.587. The van der Waals surface area contributed by atoms with Crippen LogP contribution in [-0.2, 0) is 6.18 Å². The highest BCUT2D eigenvalue weighted by atomic mass is 35.5. The van der Waals surface area contributed by atoms with E-state index in [4.69, 9.17) is 11.6 Å². The number of alkyl halides is 3. The Morgan fingerprint density at radius 3 is 2.24 bits per heavy atom. The molecule has 0 atom stereocenters. The second-order valence-corrected chi connectivity index (χ2v) is 5.67. The molecule has 0 heterocycles. The lowest BCUT2D eigenvalue weighted by molar-refractivity contribution is -0.136. The summed E-state index contributed by atoms with van der Waals surface area (Å²) in [5.74, 6) is 0. The molecule has 1 N–H and O–H groups in total. The van der Waals surface area contributed by atoms with Gasteiger partial charge >= 0.3 is 6.18 Å². The van der Waals surface area contributed by atoms with E-state index >= 15 is 0 Å². The van der Waals surface area contributed by atoms with Gasteiger partial charge in [0.25, 0.3) is 0 Å². The first kappa shape index (κ1) is 18.1. The van der Waals surface area contributed by atoms with E-state index in [9.17, 15) is 13.2 Å². The van der Waals surface area contributed by atoms with Gasteiger partial charge in [-0.05, 0) is 24.6 Å². The fraction of sp³-hybridized carbons (Fsp3) is 0.625. The van der Waals surface area contributed by atoms with Crippen molar-refractivity contribution in [2.45, 2.75) is 58.0 Å². The van der Waals surface area contributed by atoms with E-state index in [2.05, 4.69) is 12.2 Å². The molecule has 0 aliphatic rings. The van der Waals surface area contributed by atoms with E-state index in [-0.39, 0.29) is 10.7 Å². The van der Waals surface area contributed by atoms with Crippen LogP contribution < -0.4 is 5.32 Å². The van der Waals surface area contributed by atoms with Crippen molar-refractivity contribution in [2.75, 3.05) is 11.9 Å². The van der Waals surface area contributed by atoms with E-state index in [0.717, 1.165) is 25.3 Å². The molecule has 1 nitrogen and oxygen atoms in total. The molecular formula is C16H23ClF3N. The molecule has 0 radical (unpaired) electrons. The second-order valence-electron chi connectivity index (χ2n) is 5.24. The third-order valence-corrected chi connectivity index (χ3v) is 3.62. The van der Waals surface area contributed by atoms with Crippen molar-refractivity contribution in [3.8, 4) is 0 Å². The summed E-state index contributed by atoms with van der Waals surface area (Å²) in [6.07, 6.45) is 3.64. The van der Waals surface area contributed by atoms with Gasteiger partial charge in [-0.2, -0.15) is 13.2 Å². The zero-order chi connectivity index (χ0) is 15.7. The van der Waals surface area contributed by atoms with Gasteiger partial charge in [-0.3, -0.25) is 0 Å². The Balaban J connectivity index is 2.35. The van der Waals surface area contributed by atoms with E-state index in [1.807, 2.05) is 0 Å². The standard InChI is InChI=1S/C16H23ClF3N/c1-2-3-4-5-6-7-8-11-21-15-10-9-13(17)12-14(15)16(18,19)20/h9-10,12,21H,2-8,11H2,1H3. The van der Waals surface area contributed by atoms with Crippen LogP contribution in [0, 0.1) is 0 Å². The molecule has 1 rings (SSSR count). The Morgan fingerprint density at radius 2 is 1.62 bits per heavy atom. The van der Waals surface area contributed by atoms with Crippen molar-refractivity contribution in [3.05, 3.63) is 28.8 Å². The largest absolute Gasteiger partial charge is 0.418 e. The molecule has 0 aliphatic heterocycles. The minimum atomic E-state index is -4.38. The van der Waals surface area contributed by atoms with Gasteiger partial charge in [0.15, 0.2) is 0 Å². The van der Waals surface area contributed by atoms with Crippen molar-refractivity contribution in [1.82, 2.24) is 0 Å². The zero-order valence-corrected chi connectivity index (χ0v) is 13.2. The van der Waals surface area contributed by atoms with Gasteiger partial charge in [-0.1, -0.05) is 57.0 Å². The van der Waals surface area contributed by atoms with Crippen LogP contribution in [0.3, 0.4) is 0 Å². The molecule has 0 bridgehead atoms. The first-order valence-electron chi connectivity index (χ1n) is 7.55. The van der Waals surface area contributed by atoms with Crippen molar-refractivity contribution < 1.29 is 13.2 Å². The maximum absolute atomic E-state index is 12.9. The molecule has 21 heavy (non-hydrogen) atoms. The van der Waals surface area contributed by atoms with Crippen LogP contribution in [0.1, 0.15) is 57.4 Å². The Hall–Kier alpha value is -0.900. The van der Waals surface area contributed by atoms with Gasteiger partial charge in [0, 0.05) is 17.3 Å². The summed E-state index contributed by atoms with van der Waals surface area (Å²) >= 11 is 5.64. The molecule has 1 aromatic rings. The second kappa shape index (κ2) is 9.19. The van der Waals surface area contributed by atoms with Crippen molar-refractivity contribution in [2.24, 2.45) is 0 Å². The van der Waals surface area contributed by atoms with Gasteiger partial charge in [0.2, 0.25) is 0 Å². The number of nitrogens with one attached hydrogen (secondary N) is 1. The molecule has 0 amide bonds. The van der Waals surface area contributed by atoms with Crippen LogP contribution in [0.2, 0.25) is 5.02 Å². The fourth-order valence-corrected chi connectivity index (χ4v) is 2.38. The molecule has 5 heteroatoms. The average molecular weight is 322 g/mol. The SMILES string of the molecule is CCCCCCCCCNc1ccc(Cl)cc1C(F)(F)F. The van der Waals surface area contributed by atoms with Crippen LogP contribution in [-0.4, -0.2) is 6.54 Å². The number of benzene rings is 1. The predicted octanol–water partition coefficient (Wildman–Crippen LogP) is 6.52. The van der Waals surface area contributed by atoms with Crippen LogP contribution >= 0.6 is 11.6 Å². The highest BCUT2D eigenvalue weighted by molar-refractivity contribution is 6.30. The number of anilines is 1. The van der Waals surface area contributed by atoms with Gasteiger partial charge in [-0.15, -0.1) is 0 Å². The average Bonchev–Trinajstić information content (AvgIpc) is 2.42. The number of hydrogen-bond acceptors (Lipinski definition) is 1. The van der Waals surface area contributed by atoms with Gasteiger partial charge < -0.3 is 5.32 Å². The Bertz CT molecular complexity index is 418. The molecule has 0 aliphatic carbocycles. The number of rotatable bonds is 9. The van der Waals surface area contributed by atoms with Gasteiger partial charge in [0.1, 0.15) is 0 Å². The van der Waals surface area contributed by atoms with Crippen molar-refractivity contribution >= 4 is 17.3 Å². The highest BCUT2D eigenvalue weighted by Crippen LogP contribution is 2.36. The third kappa shape index (κ3) is 7.07. The Labute approximate surface area is 129 Å². The minimum Gasteiger partial charge on any atom is -0.385 e. The highest BCUT2D eigenvalue weighted by Gasteiger charge is 2.33. The molecular weight excluding hydrogens is 299 g/mol. The summed E-state index contributed by atoms with van der Waals surface area (Å²) in [5, 5.41) is 2.97. The molecule has 0 spiro atoms. The fourth-order valence-electron chi connectivity index (χ4n) is 2.21. The first-order valence-corrected chi connectivity index (χ1v) is 7.93. The molecule has 0 saturated heterocycles. The Morgan fingerprint density at radius 1 is 1.00 bits per heavy atom. The van der Waals surface area contributed by atoms with Crippen molar-refractivity contribution in [3.63, 3.8) is 0 Å². The Kier molecular flexibility index (Phi) is 7.94. The molecule has 0 saturated carbocycles. The molecule has 120 valence electrons. The lowest BCUT2D eigenvalue weighted by atomic mass is 10.1. The summed E-state index contributed by atoms with van der Waals surface area (Å²) < 4.78 is 38.6. The van der Waals surface area contributed by atoms with Crippen molar-refractivity contribution in [1.29, 1.82) is 0 Å². The molecule has 0 aromatic heterocycles. The number of hydrogen-bond donors (Lipinski definition) is 1. The van der Waals surface area contributed by atoms with Crippen LogP contribution in [0.5, 0.6) is 0 Å². The number of unbranched alkanes of at least 4 members (excludes halogenated alkanes) is 6. The normalized spacial score (nSPS) is 11.7. The molecule has 0 unspecified atom stereocenters. The summed E-state index contributed by atoms with van der Waals surface area (Å²) in [6, 6.07) is 3.84. The van der Waals surface area contributed by atoms with Gasteiger partial charge in [-0.25, -0.2) is 0 Å². The first-order chi connectivity index (χ1) is 9.95. The lowest BCUT2D eigenvalue weighted by Gasteiger charge is -2.14. The van der Waals surface area contributed by atoms with E-state index < -0.39 is 11.7 Å². The van der Waals surface area contributed by atoms with E-state index in [1.165, 1.54) is 37.8 Å². The summed E-state index contributed by atoms with van der Waals surface area (Å²) in [4.78, 5) is 0. The maximum atomic E-state index is 12.9. The van der Waals surface area contributed by atoms with Crippen LogP contribution in [0.15, 0.2) is 18.2 Å². The minimum absolute atomic E-state index is 0.101. The molecule has 0 fully saturated rings. The number of halogens is 4. The van der Waals surface area contributed by atoms with E-state index in [1.54, 1.807) is 0 Å². The monoisotopic (exact) mass is 321 g/mol. The quantitative estimate of drug-likeness (QED) is 0.510. The lowest BCUT2D eigenvalue weighted by Crippen LogP contribution is -2.11. The van der Waals surface area contributed by atoms with Crippen LogP contribution in [0.4, 0.5) is 18.9 Å². The summed E-state index contributed by atoms with van der Waals surface area (Å²) in [7, 11) is 0. The topological polar surface area (TPSA) is 12.0 Å².